The van der Waals surface area contributed by atoms with Gasteiger partial charge in [-0.3, -0.25) is 0 Å². The molecule has 4 nitrogen and oxygen atoms in total. The summed E-state index contributed by atoms with van der Waals surface area (Å²) >= 11 is 6.16. The van der Waals surface area contributed by atoms with Gasteiger partial charge in [0, 0.05) is 22.7 Å². The van der Waals surface area contributed by atoms with E-state index in [1.807, 2.05) is 30.3 Å². The molecule has 0 amide bonds. The normalized spacial score (nSPS) is 11.7. The van der Waals surface area contributed by atoms with Crippen molar-refractivity contribution >= 4 is 11.6 Å². The number of hydrogen-bond donors (Lipinski definition) is 1. The van der Waals surface area contributed by atoms with Gasteiger partial charge >= 0.3 is 0 Å². The molecule has 0 radical (unpaired) electrons. The Hall–Kier alpha value is -2.24. The Kier molecular flexibility index (Phi) is 5.92. The van der Waals surface area contributed by atoms with Crippen molar-refractivity contribution in [3.8, 4) is 11.3 Å². The van der Waals surface area contributed by atoms with E-state index in [-0.39, 0.29) is 11.4 Å². The van der Waals surface area contributed by atoms with Crippen LogP contribution in [-0.4, -0.2) is 20.5 Å². The monoisotopic (exact) mass is 386 g/mol. The topological polar surface area (TPSA) is 42.7 Å². The predicted octanol–water partition coefficient (Wildman–Crippen LogP) is 5.06. The molecule has 2 aromatic carbocycles. The van der Waals surface area contributed by atoms with E-state index in [4.69, 9.17) is 11.6 Å². The van der Waals surface area contributed by atoms with Crippen LogP contribution in [0.4, 0.5) is 4.39 Å². The Morgan fingerprint density at radius 3 is 2.52 bits per heavy atom. The van der Waals surface area contributed by atoms with Gasteiger partial charge < -0.3 is 5.32 Å². The third-order valence-electron chi connectivity index (χ3n) is 4.72. The first-order chi connectivity index (χ1) is 12.9. The van der Waals surface area contributed by atoms with Crippen LogP contribution in [0.15, 0.2) is 48.5 Å². The Morgan fingerprint density at radius 2 is 1.85 bits per heavy atom. The second-order valence-corrected chi connectivity index (χ2v) is 7.63. The minimum atomic E-state index is -0.353. The van der Waals surface area contributed by atoms with Gasteiger partial charge in [0.2, 0.25) is 0 Å². The van der Waals surface area contributed by atoms with Gasteiger partial charge in [-0.2, -0.15) is 15.0 Å². The molecular formula is C21H24ClFN4. The van der Waals surface area contributed by atoms with E-state index in [0.717, 1.165) is 28.9 Å². The van der Waals surface area contributed by atoms with Crippen LogP contribution in [0.25, 0.3) is 11.3 Å². The summed E-state index contributed by atoms with van der Waals surface area (Å²) in [5.74, 6) is -0.353. The first-order valence-electron chi connectivity index (χ1n) is 9.06. The van der Waals surface area contributed by atoms with Crippen LogP contribution in [0.2, 0.25) is 5.02 Å². The molecule has 0 spiro atoms. The largest absolute Gasteiger partial charge is 0.306 e. The van der Waals surface area contributed by atoms with Crippen molar-refractivity contribution in [1.29, 1.82) is 0 Å². The van der Waals surface area contributed by atoms with Crippen molar-refractivity contribution in [2.75, 3.05) is 0 Å². The maximum absolute atomic E-state index is 13.3. The molecule has 3 rings (SSSR count). The fourth-order valence-corrected chi connectivity index (χ4v) is 2.87. The molecule has 0 fully saturated rings. The average Bonchev–Trinajstić information content (AvgIpc) is 3.06. The van der Waals surface area contributed by atoms with E-state index in [9.17, 15) is 4.39 Å². The molecule has 1 heterocycles. The first-order valence-corrected chi connectivity index (χ1v) is 9.44. The van der Waals surface area contributed by atoms with Crippen LogP contribution >= 0.6 is 11.6 Å². The third-order valence-corrected chi connectivity index (χ3v) is 5.07. The maximum atomic E-state index is 13.3. The highest BCUT2D eigenvalue weighted by Crippen LogP contribution is 2.23. The van der Waals surface area contributed by atoms with Crippen LogP contribution in [0.5, 0.6) is 0 Å². The third kappa shape index (κ3) is 4.93. The molecule has 3 aromatic rings. The van der Waals surface area contributed by atoms with Crippen molar-refractivity contribution < 1.29 is 4.39 Å². The summed E-state index contributed by atoms with van der Waals surface area (Å²) in [6, 6.07) is 14.4. The van der Waals surface area contributed by atoms with E-state index < -0.39 is 0 Å². The molecule has 27 heavy (non-hydrogen) atoms. The summed E-state index contributed by atoms with van der Waals surface area (Å²) in [5.41, 5.74) is 3.52. The molecular weight excluding hydrogens is 363 g/mol. The van der Waals surface area contributed by atoms with E-state index >= 15 is 0 Å². The van der Waals surface area contributed by atoms with Gasteiger partial charge in [0.15, 0.2) is 0 Å². The van der Waals surface area contributed by atoms with Crippen LogP contribution < -0.4 is 5.32 Å². The number of rotatable bonds is 7. The molecule has 0 aliphatic heterocycles. The lowest BCUT2D eigenvalue weighted by Gasteiger charge is -2.24. The molecule has 142 valence electrons. The number of nitrogens with zero attached hydrogens (tertiary/aromatic N) is 3. The number of nitrogens with one attached hydrogen (secondary N) is 1. The highest BCUT2D eigenvalue weighted by Gasteiger charge is 2.18. The van der Waals surface area contributed by atoms with E-state index in [1.54, 1.807) is 10.9 Å². The van der Waals surface area contributed by atoms with Gasteiger partial charge in [0.05, 0.1) is 6.54 Å². The summed E-state index contributed by atoms with van der Waals surface area (Å²) < 4.78 is 13.3. The van der Waals surface area contributed by atoms with E-state index in [1.165, 1.54) is 12.1 Å². The van der Waals surface area contributed by atoms with Crippen molar-refractivity contribution in [2.24, 2.45) is 0 Å². The lowest BCUT2D eigenvalue weighted by atomic mass is 10.0. The molecule has 1 aromatic heterocycles. The summed E-state index contributed by atoms with van der Waals surface area (Å²) in [7, 11) is 0. The summed E-state index contributed by atoms with van der Waals surface area (Å²) in [4.78, 5) is 1.62. The zero-order chi connectivity index (χ0) is 19.4. The van der Waals surface area contributed by atoms with Crippen molar-refractivity contribution in [3.05, 3.63) is 70.6 Å². The molecule has 0 aliphatic carbocycles. The van der Waals surface area contributed by atoms with Crippen LogP contribution in [0.3, 0.4) is 0 Å². The summed E-state index contributed by atoms with van der Waals surface area (Å²) in [5, 5.41) is 13.3. The van der Waals surface area contributed by atoms with Crippen LogP contribution in [-0.2, 0) is 13.1 Å². The SMILES string of the molecule is CCC(C)(C)NCc1nn(Cc2ccc(F)cc2Cl)nc1-c1ccccc1. The average molecular weight is 387 g/mol. The van der Waals surface area contributed by atoms with E-state index in [2.05, 4.69) is 36.3 Å². The highest BCUT2D eigenvalue weighted by atomic mass is 35.5. The van der Waals surface area contributed by atoms with Crippen LogP contribution in [0, 0.1) is 5.82 Å². The van der Waals surface area contributed by atoms with Gasteiger partial charge in [-0.25, -0.2) is 4.39 Å². The number of hydrogen-bond acceptors (Lipinski definition) is 3. The second-order valence-electron chi connectivity index (χ2n) is 7.22. The first kappa shape index (κ1) is 19.5. The zero-order valence-electron chi connectivity index (χ0n) is 15.8. The summed E-state index contributed by atoms with van der Waals surface area (Å²) in [6.45, 7) is 7.48. The second kappa shape index (κ2) is 8.19. The standard InChI is InChI=1S/C21H24ClFN4/c1-4-21(2,3)24-13-19-20(15-8-6-5-7-9-15)26-27(25-19)14-16-10-11-17(23)12-18(16)22/h5-12,24H,4,13-14H2,1-3H3. The molecule has 0 saturated heterocycles. The van der Waals surface area contributed by atoms with Gasteiger partial charge in [-0.15, -0.1) is 0 Å². The maximum Gasteiger partial charge on any atom is 0.124 e. The number of aromatic nitrogens is 3. The van der Waals surface area contributed by atoms with Crippen molar-refractivity contribution in [3.63, 3.8) is 0 Å². The Balaban J connectivity index is 1.91. The fraction of sp³-hybridized carbons (Fsp3) is 0.333. The summed E-state index contributed by atoms with van der Waals surface area (Å²) in [6.07, 6.45) is 1.01. The molecule has 0 saturated carbocycles. The van der Waals surface area contributed by atoms with Gasteiger partial charge in [0.25, 0.3) is 0 Å². The quantitative estimate of drug-likeness (QED) is 0.616. The molecule has 0 aliphatic rings. The lowest BCUT2D eigenvalue weighted by molar-refractivity contribution is 0.371. The molecule has 1 N–H and O–H groups in total. The van der Waals surface area contributed by atoms with Crippen molar-refractivity contribution in [2.45, 2.75) is 45.8 Å². The predicted molar refractivity (Wildman–Crippen MR) is 107 cm³/mol. The minimum absolute atomic E-state index is 0.0119. The number of benzene rings is 2. The van der Waals surface area contributed by atoms with Crippen LogP contribution in [0.1, 0.15) is 38.4 Å². The van der Waals surface area contributed by atoms with Gasteiger partial charge in [-0.1, -0.05) is 54.9 Å². The fourth-order valence-electron chi connectivity index (χ4n) is 2.64. The number of halogens is 2. The van der Waals surface area contributed by atoms with E-state index in [0.29, 0.717) is 18.1 Å². The molecule has 0 atom stereocenters. The molecule has 0 bridgehead atoms. The van der Waals surface area contributed by atoms with Gasteiger partial charge in [0.1, 0.15) is 17.2 Å². The van der Waals surface area contributed by atoms with Gasteiger partial charge in [-0.05, 0) is 38.0 Å². The molecule has 6 heteroatoms. The Labute approximate surface area is 164 Å². The molecule has 0 unspecified atom stereocenters. The van der Waals surface area contributed by atoms with Crippen molar-refractivity contribution in [1.82, 2.24) is 20.3 Å². The minimum Gasteiger partial charge on any atom is -0.306 e. The smallest absolute Gasteiger partial charge is 0.124 e. The zero-order valence-corrected chi connectivity index (χ0v) is 16.6. The Morgan fingerprint density at radius 1 is 1.11 bits per heavy atom. The Bertz CT molecular complexity index is 906. The highest BCUT2D eigenvalue weighted by molar-refractivity contribution is 6.31. The lowest BCUT2D eigenvalue weighted by Crippen LogP contribution is -2.38.